The highest BCUT2D eigenvalue weighted by Crippen LogP contribution is 2.29. The highest BCUT2D eigenvalue weighted by Gasteiger charge is 2.27. The molecule has 3 aromatic carbocycles. The van der Waals surface area contributed by atoms with E-state index in [4.69, 9.17) is 17.3 Å². The van der Waals surface area contributed by atoms with E-state index >= 15 is 0 Å². The Morgan fingerprint density at radius 2 is 1.66 bits per heavy atom. The Balaban J connectivity index is 1.91. The van der Waals surface area contributed by atoms with Gasteiger partial charge in [0.05, 0.1) is 10.7 Å². The van der Waals surface area contributed by atoms with Gasteiger partial charge in [0.15, 0.2) is 0 Å². The van der Waals surface area contributed by atoms with Crippen LogP contribution in [0, 0.1) is 0 Å². The molecule has 3 rings (SSSR count). The van der Waals surface area contributed by atoms with Crippen molar-refractivity contribution in [2.45, 2.75) is 17.4 Å². The second-order valence-electron chi connectivity index (χ2n) is 6.88. The molecule has 0 radical (unpaired) electrons. The lowest BCUT2D eigenvalue weighted by Crippen LogP contribution is -2.42. The van der Waals surface area contributed by atoms with Crippen LogP contribution in [0.25, 0.3) is 11.1 Å². The van der Waals surface area contributed by atoms with Gasteiger partial charge >= 0.3 is 12.0 Å². The predicted octanol–water partition coefficient (Wildman–Crippen LogP) is 3.47. The highest BCUT2D eigenvalue weighted by molar-refractivity contribution is 7.89. The number of aliphatic carboxylic acids is 1. The van der Waals surface area contributed by atoms with Crippen LogP contribution >= 0.6 is 11.6 Å². The quantitative estimate of drug-likeness (QED) is 0.396. The van der Waals surface area contributed by atoms with E-state index in [1.54, 1.807) is 24.3 Å². The van der Waals surface area contributed by atoms with Crippen molar-refractivity contribution in [3.8, 4) is 11.1 Å². The van der Waals surface area contributed by atoms with Gasteiger partial charge in [-0.25, -0.2) is 13.2 Å². The van der Waals surface area contributed by atoms with Gasteiger partial charge < -0.3 is 16.2 Å². The number of urea groups is 1. The summed E-state index contributed by atoms with van der Waals surface area (Å²) < 4.78 is 27.5. The third-order valence-corrected chi connectivity index (χ3v) is 6.56. The lowest BCUT2D eigenvalue weighted by atomic mass is 9.98. The summed E-state index contributed by atoms with van der Waals surface area (Å²) in [5.74, 6) is -1.36. The van der Waals surface area contributed by atoms with Crippen LogP contribution in [0.15, 0.2) is 77.7 Å². The van der Waals surface area contributed by atoms with Crippen molar-refractivity contribution in [3.05, 3.63) is 83.4 Å². The van der Waals surface area contributed by atoms with Gasteiger partial charge in [0.1, 0.15) is 10.9 Å². The van der Waals surface area contributed by atoms with E-state index in [0.717, 1.165) is 5.56 Å². The van der Waals surface area contributed by atoms with Gasteiger partial charge in [-0.3, -0.25) is 4.79 Å². The third kappa shape index (κ3) is 5.64. The second kappa shape index (κ2) is 9.82. The zero-order valence-corrected chi connectivity index (χ0v) is 18.2. The topological polar surface area (TPSA) is 139 Å². The molecule has 0 aromatic heterocycles. The van der Waals surface area contributed by atoms with Crippen molar-refractivity contribution in [2.75, 3.05) is 5.32 Å². The number of benzene rings is 3. The van der Waals surface area contributed by atoms with Crippen molar-refractivity contribution in [1.29, 1.82) is 0 Å². The van der Waals surface area contributed by atoms with Crippen LogP contribution < -0.4 is 15.8 Å². The summed E-state index contributed by atoms with van der Waals surface area (Å²) in [5, 5.41) is 12.1. The Morgan fingerprint density at radius 1 is 1.00 bits per heavy atom. The summed E-state index contributed by atoms with van der Waals surface area (Å²) in [6, 6.07) is 17.6. The van der Waals surface area contributed by atoms with Gasteiger partial charge in [-0.2, -0.15) is 4.72 Å². The number of nitrogens with two attached hydrogens (primary N) is 1. The number of rotatable bonds is 8. The average Bonchev–Trinajstić information content (AvgIpc) is 2.73. The lowest BCUT2D eigenvalue weighted by Gasteiger charge is -2.17. The first-order chi connectivity index (χ1) is 15.2. The summed E-state index contributed by atoms with van der Waals surface area (Å²) >= 11 is 5.96. The number of hydrogen-bond acceptors (Lipinski definition) is 4. The van der Waals surface area contributed by atoms with E-state index in [1.165, 1.54) is 18.2 Å². The Bertz CT molecular complexity index is 1250. The smallest absolute Gasteiger partial charge is 0.322 e. The minimum absolute atomic E-state index is 0.0238. The summed E-state index contributed by atoms with van der Waals surface area (Å²) in [5.41, 5.74) is 7.63. The number of sulfonamides is 1. The van der Waals surface area contributed by atoms with Gasteiger partial charge in [0.25, 0.3) is 0 Å². The van der Waals surface area contributed by atoms with E-state index < -0.39 is 28.1 Å². The molecule has 2 amide bonds. The first-order valence-electron chi connectivity index (χ1n) is 9.42. The number of anilines is 1. The van der Waals surface area contributed by atoms with Crippen molar-refractivity contribution >= 4 is 39.3 Å². The Kier molecular flexibility index (Phi) is 7.14. The van der Waals surface area contributed by atoms with Crippen molar-refractivity contribution in [3.63, 3.8) is 0 Å². The van der Waals surface area contributed by atoms with Crippen molar-refractivity contribution in [2.24, 2.45) is 5.73 Å². The van der Waals surface area contributed by atoms with Gasteiger partial charge in [-0.1, -0.05) is 66.2 Å². The molecule has 5 N–H and O–H groups in total. The Hall–Kier alpha value is -3.40. The zero-order valence-electron chi connectivity index (χ0n) is 16.7. The molecular formula is C22H20ClN3O5S. The van der Waals surface area contributed by atoms with Gasteiger partial charge in [0, 0.05) is 5.56 Å². The molecule has 0 heterocycles. The molecule has 0 aliphatic carbocycles. The molecule has 0 fully saturated rings. The van der Waals surface area contributed by atoms with Crippen LogP contribution in [-0.4, -0.2) is 31.6 Å². The van der Waals surface area contributed by atoms with E-state index in [0.29, 0.717) is 16.8 Å². The van der Waals surface area contributed by atoms with Gasteiger partial charge in [-0.15, -0.1) is 0 Å². The van der Waals surface area contributed by atoms with Crippen LogP contribution in [0.3, 0.4) is 0 Å². The molecule has 0 saturated heterocycles. The van der Waals surface area contributed by atoms with Crippen molar-refractivity contribution in [1.82, 2.24) is 4.72 Å². The number of primary amides is 1. The lowest BCUT2D eigenvalue weighted by molar-refractivity contribution is -0.138. The SMILES string of the molecule is NC(=O)Nc1cc(CC(NS(=O)(=O)c2ccccc2Cl)C(=O)O)ccc1-c1ccccc1. The number of amides is 2. The maximum absolute atomic E-state index is 12.7. The van der Waals surface area contributed by atoms with Gasteiger partial charge in [-0.05, 0) is 35.7 Å². The molecule has 166 valence electrons. The van der Waals surface area contributed by atoms with Crippen LogP contribution in [-0.2, 0) is 21.2 Å². The molecule has 1 unspecified atom stereocenters. The molecular weight excluding hydrogens is 454 g/mol. The van der Waals surface area contributed by atoms with E-state index in [-0.39, 0.29) is 16.3 Å². The molecule has 0 saturated carbocycles. The second-order valence-corrected chi connectivity index (χ2v) is 8.97. The number of hydrogen-bond donors (Lipinski definition) is 4. The standard InChI is InChI=1S/C22H20ClN3O5S/c23-17-8-4-5-9-20(17)32(30,31)26-19(21(27)28)13-14-10-11-16(15-6-2-1-3-7-15)18(12-14)25-22(24)29/h1-12,19,26H,13H2,(H,27,28)(H3,24,25,29). The van der Waals surface area contributed by atoms with Gasteiger partial charge in [0.2, 0.25) is 10.0 Å². The van der Waals surface area contributed by atoms with E-state index in [2.05, 4.69) is 10.0 Å². The van der Waals surface area contributed by atoms with E-state index in [9.17, 15) is 23.1 Å². The monoisotopic (exact) mass is 473 g/mol. The summed E-state index contributed by atoms with van der Waals surface area (Å²) in [7, 11) is -4.19. The largest absolute Gasteiger partial charge is 0.480 e. The number of carboxylic acid groups (broad SMARTS) is 1. The molecule has 3 aromatic rings. The highest BCUT2D eigenvalue weighted by atomic mass is 35.5. The van der Waals surface area contributed by atoms with E-state index in [1.807, 2.05) is 30.3 Å². The van der Waals surface area contributed by atoms with Crippen molar-refractivity contribution < 1.29 is 23.1 Å². The number of halogens is 1. The summed E-state index contributed by atoms with van der Waals surface area (Å²) in [6.07, 6.45) is -0.179. The molecule has 32 heavy (non-hydrogen) atoms. The maximum atomic E-state index is 12.7. The fraction of sp³-hybridized carbons (Fsp3) is 0.0909. The number of carbonyl (C=O) groups excluding carboxylic acids is 1. The molecule has 0 aliphatic heterocycles. The molecule has 8 nitrogen and oxygen atoms in total. The Morgan fingerprint density at radius 3 is 2.28 bits per heavy atom. The predicted molar refractivity (Wildman–Crippen MR) is 122 cm³/mol. The molecule has 1 atom stereocenters. The Labute approximate surface area is 190 Å². The molecule has 0 aliphatic rings. The fourth-order valence-electron chi connectivity index (χ4n) is 3.15. The molecule has 10 heteroatoms. The molecule has 0 bridgehead atoms. The number of carboxylic acids is 1. The minimum Gasteiger partial charge on any atom is -0.480 e. The zero-order chi connectivity index (χ0) is 23.3. The van der Waals surface area contributed by atoms with Crippen LogP contribution in [0.1, 0.15) is 5.56 Å². The molecule has 0 spiro atoms. The number of carbonyl (C=O) groups is 2. The normalized spacial score (nSPS) is 12.2. The minimum atomic E-state index is -4.19. The first kappa shape index (κ1) is 23.3. The summed E-state index contributed by atoms with van der Waals surface area (Å²) in [6.45, 7) is 0. The fourth-order valence-corrected chi connectivity index (χ4v) is 4.86. The van der Waals surface area contributed by atoms with Crippen LogP contribution in [0.4, 0.5) is 10.5 Å². The number of nitrogens with one attached hydrogen (secondary N) is 2. The third-order valence-electron chi connectivity index (χ3n) is 4.59. The van der Waals surface area contributed by atoms with Crippen LogP contribution in [0.5, 0.6) is 0 Å². The first-order valence-corrected chi connectivity index (χ1v) is 11.3. The van der Waals surface area contributed by atoms with Crippen LogP contribution in [0.2, 0.25) is 5.02 Å². The summed E-state index contributed by atoms with van der Waals surface area (Å²) in [4.78, 5) is 23.1. The average molecular weight is 474 g/mol. The maximum Gasteiger partial charge on any atom is 0.322 e.